The van der Waals surface area contributed by atoms with Gasteiger partial charge in [-0.15, -0.1) is 0 Å². The number of rotatable bonds is 3. The van der Waals surface area contributed by atoms with Crippen molar-refractivity contribution in [3.8, 4) is 0 Å². The van der Waals surface area contributed by atoms with Crippen molar-refractivity contribution in [1.29, 1.82) is 0 Å². The van der Waals surface area contributed by atoms with Gasteiger partial charge in [-0.25, -0.2) is 0 Å². The molecule has 2 aliphatic rings. The van der Waals surface area contributed by atoms with Gasteiger partial charge in [0.1, 0.15) is 11.8 Å². The zero-order valence-corrected chi connectivity index (χ0v) is 12.2. The molecule has 6 heteroatoms. The van der Waals surface area contributed by atoms with E-state index >= 15 is 0 Å². The molecule has 0 amide bonds. The maximum Gasteiger partial charge on any atom is 0.295 e. The van der Waals surface area contributed by atoms with Gasteiger partial charge in [-0.1, -0.05) is 12.1 Å². The average Bonchev–Trinajstić information content (AvgIpc) is 3.01. The van der Waals surface area contributed by atoms with Crippen molar-refractivity contribution < 1.29 is 14.4 Å². The lowest BCUT2D eigenvalue weighted by molar-refractivity contribution is -0.384. The molecule has 0 saturated carbocycles. The topological polar surface area (TPSA) is 64.8 Å². The summed E-state index contributed by atoms with van der Waals surface area (Å²) in [4.78, 5) is 13.1. The van der Waals surface area contributed by atoms with Crippen LogP contribution in [0.2, 0.25) is 0 Å². The number of nitro groups is 1. The number of para-hydroxylation sites is 1. The Bertz CT molecular complexity index is 528. The summed E-state index contributed by atoms with van der Waals surface area (Å²) in [5, 5.41) is 11.3. The average molecular weight is 292 g/mol. The van der Waals surface area contributed by atoms with E-state index in [-0.39, 0.29) is 22.8 Å². The van der Waals surface area contributed by atoms with Crippen LogP contribution in [0.15, 0.2) is 18.2 Å². The summed E-state index contributed by atoms with van der Waals surface area (Å²) in [5.74, 6) is 0. The second-order valence-electron chi connectivity index (χ2n) is 5.61. The first-order valence-corrected chi connectivity index (χ1v) is 7.39. The van der Waals surface area contributed by atoms with Crippen LogP contribution in [0.25, 0.3) is 0 Å². The number of aryl methyl sites for hydroxylation is 1. The summed E-state index contributed by atoms with van der Waals surface area (Å²) in [7, 11) is 0. The molecule has 2 atom stereocenters. The van der Waals surface area contributed by atoms with Gasteiger partial charge < -0.3 is 14.4 Å². The van der Waals surface area contributed by atoms with Gasteiger partial charge in [0.2, 0.25) is 0 Å². The van der Waals surface area contributed by atoms with Crippen LogP contribution >= 0.6 is 0 Å². The van der Waals surface area contributed by atoms with E-state index in [0.29, 0.717) is 30.9 Å². The van der Waals surface area contributed by atoms with Gasteiger partial charge in [0.05, 0.1) is 17.6 Å². The largest absolute Gasteiger partial charge is 0.375 e. The Morgan fingerprint density at radius 1 is 1.29 bits per heavy atom. The maximum absolute atomic E-state index is 11.3. The Balaban J connectivity index is 1.83. The van der Waals surface area contributed by atoms with Crippen molar-refractivity contribution in [1.82, 2.24) is 0 Å². The molecule has 0 radical (unpaired) electrons. The quantitative estimate of drug-likeness (QED) is 0.631. The van der Waals surface area contributed by atoms with Crippen molar-refractivity contribution in [2.24, 2.45) is 0 Å². The van der Waals surface area contributed by atoms with Gasteiger partial charge >= 0.3 is 0 Å². The van der Waals surface area contributed by atoms with Gasteiger partial charge in [-0.2, -0.15) is 0 Å². The highest BCUT2D eigenvalue weighted by molar-refractivity contribution is 5.66. The van der Waals surface area contributed by atoms with E-state index in [1.165, 1.54) is 0 Å². The maximum atomic E-state index is 11.3. The SMILES string of the molecule is Cc1cccc(N2CCOC(C3CCCO3)C2)c1[N+](=O)[O-]. The Hall–Kier alpha value is -1.66. The van der Waals surface area contributed by atoms with Crippen LogP contribution in [0.1, 0.15) is 18.4 Å². The fourth-order valence-electron chi connectivity index (χ4n) is 3.15. The molecular weight excluding hydrogens is 272 g/mol. The van der Waals surface area contributed by atoms with Crippen molar-refractivity contribution in [2.45, 2.75) is 32.0 Å². The van der Waals surface area contributed by atoms with Crippen molar-refractivity contribution in [2.75, 3.05) is 31.2 Å². The number of hydrogen-bond donors (Lipinski definition) is 0. The smallest absolute Gasteiger partial charge is 0.295 e. The lowest BCUT2D eigenvalue weighted by atomic mass is 10.1. The molecule has 2 unspecified atom stereocenters. The summed E-state index contributed by atoms with van der Waals surface area (Å²) in [5.41, 5.74) is 1.58. The fraction of sp³-hybridized carbons (Fsp3) is 0.600. The molecule has 0 N–H and O–H groups in total. The fourth-order valence-corrected chi connectivity index (χ4v) is 3.15. The molecule has 1 aromatic carbocycles. The predicted molar refractivity (Wildman–Crippen MR) is 78.8 cm³/mol. The van der Waals surface area contributed by atoms with E-state index in [1.54, 1.807) is 13.0 Å². The zero-order chi connectivity index (χ0) is 14.8. The van der Waals surface area contributed by atoms with Crippen LogP contribution in [-0.2, 0) is 9.47 Å². The van der Waals surface area contributed by atoms with E-state index in [9.17, 15) is 10.1 Å². The van der Waals surface area contributed by atoms with Crippen LogP contribution in [-0.4, -0.2) is 43.4 Å². The first-order valence-electron chi connectivity index (χ1n) is 7.39. The summed E-state index contributed by atoms with van der Waals surface area (Å²) in [6, 6.07) is 5.47. The van der Waals surface area contributed by atoms with Crippen LogP contribution in [0.5, 0.6) is 0 Å². The Morgan fingerprint density at radius 3 is 2.81 bits per heavy atom. The number of ether oxygens (including phenoxy) is 2. The number of nitro benzene ring substituents is 1. The highest BCUT2D eigenvalue weighted by Gasteiger charge is 2.33. The highest BCUT2D eigenvalue weighted by atomic mass is 16.6. The first-order chi connectivity index (χ1) is 10.2. The third kappa shape index (κ3) is 2.87. The van der Waals surface area contributed by atoms with Gasteiger partial charge in [0.25, 0.3) is 5.69 Å². The molecule has 2 heterocycles. The van der Waals surface area contributed by atoms with Crippen molar-refractivity contribution in [3.05, 3.63) is 33.9 Å². The molecule has 21 heavy (non-hydrogen) atoms. The van der Waals surface area contributed by atoms with E-state index in [2.05, 4.69) is 4.90 Å². The van der Waals surface area contributed by atoms with Crippen LogP contribution in [0.3, 0.4) is 0 Å². The molecule has 0 spiro atoms. The minimum atomic E-state index is -0.290. The molecule has 2 aliphatic heterocycles. The molecule has 0 bridgehead atoms. The molecule has 1 aromatic rings. The van der Waals surface area contributed by atoms with Gasteiger partial charge in [0.15, 0.2) is 0 Å². The Labute approximate surface area is 123 Å². The first kappa shape index (κ1) is 14.3. The Kier molecular flexibility index (Phi) is 4.07. The summed E-state index contributed by atoms with van der Waals surface area (Å²) in [6.45, 7) is 4.47. The predicted octanol–water partition coefficient (Wildman–Crippen LogP) is 2.29. The van der Waals surface area contributed by atoms with Gasteiger partial charge in [0, 0.05) is 25.3 Å². The molecular formula is C15H20N2O4. The van der Waals surface area contributed by atoms with E-state index < -0.39 is 0 Å². The third-order valence-electron chi connectivity index (χ3n) is 4.21. The molecule has 114 valence electrons. The highest BCUT2D eigenvalue weighted by Crippen LogP contribution is 2.33. The van der Waals surface area contributed by atoms with E-state index in [1.807, 2.05) is 12.1 Å². The van der Waals surface area contributed by atoms with Crippen LogP contribution in [0, 0.1) is 17.0 Å². The number of nitrogens with zero attached hydrogens (tertiary/aromatic N) is 2. The Morgan fingerprint density at radius 2 is 2.10 bits per heavy atom. The third-order valence-corrected chi connectivity index (χ3v) is 4.21. The molecule has 2 saturated heterocycles. The van der Waals surface area contributed by atoms with Gasteiger partial charge in [-0.3, -0.25) is 10.1 Å². The second-order valence-corrected chi connectivity index (χ2v) is 5.61. The minimum Gasteiger partial charge on any atom is -0.375 e. The van der Waals surface area contributed by atoms with E-state index in [0.717, 1.165) is 19.4 Å². The molecule has 0 aromatic heterocycles. The minimum absolute atomic E-state index is 0.00127. The standard InChI is InChI=1S/C15H20N2O4/c1-11-4-2-5-12(15(11)17(18)19)16-7-9-21-14(10-16)13-6-3-8-20-13/h2,4-5,13-14H,3,6-10H2,1H3. The summed E-state index contributed by atoms with van der Waals surface area (Å²) < 4.78 is 11.5. The van der Waals surface area contributed by atoms with Crippen LogP contribution in [0.4, 0.5) is 11.4 Å². The summed E-state index contributed by atoms with van der Waals surface area (Å²) in [6.07, 6.45) is 2.20. The normalized spacial score (nSPS) is 26.0. The zero-order valence-electron chi connectivity index (χ0n) is 12.2. The molecule has 3 rings (SSSR count). The van der Waals surface area contributed by atoms with Gasteiger partial charge in [-0.05, 0) is 25.8 Å². The number of anilines is 1. The van der Waals surface area contributed by atoms with E-state index in [4.69, 9.17) is 9.47 Å². The van der Waals surface area contributed by atoms with Crippen molar-refractivity contribution >= 4 is 11.4 Å². The van der Waals surface area contributed by atoms with Crippen LogP contribution < -0.4 is 4.90 Å². The number of hydrogen-bond acceptors (Lipinski definition) is 5. The summed E-state index contributed by atoms with van der Waals surface area (Å²) >= 11 is 0. The lowest BCUT2D eigenvalue weighted by Crippen LogP contribution is -2.47. The monoisotopic (exact) mass is 292 g/mol. The molecule has 0 aliphatic carbocycles. The lowest BCUT2D eigenvalue weighted by Gasteiger charge is -2.36. The number of benzene rings is 1. The number of morpholine rings is 1. The molecule has 2 fully saturated rings. The van der Waals surface area contributed by atoms with Crippen molar-refractivity contribution in [3.63, 3.8) is 0 Å². The second kappa shape index (κ2) is 5.99. The molecule has 6 nitrogen and oxygen atoms in total.